The minimum Gasteiger partial charge on any atom is -0.481 e. The van der Waals surface area contributed by atoms with Crippen LogP contribution < -0.4 is 41.9 Å². The van der Waals surface area contributed by atoms with Crippen molar-refractivity contribution in [3.8, 4) is 34.1 Å². The second kappa shape index (κ2) is 39.2. The average Bonchev–Trinajstić information content (AvgIpc) is 1.59. The molecule has 130 heavy (non-hydrogen) atoms. The third-order valence-corrected chi connectivity index (χ3v) is 25.1. The van der Waals surface area contributed by atoms with Crippen molar-refractivity contribution < 1.29 is 96.5 Å². The number of aryl methyl sites for hydroxylation is 8. The highest BCUT2D eigenvalue weighted by molar-refractivity contribution is 9.10. The Labute approximate surface area is 754 Å². The van der Waals surface area contributed by atoms with Crippen LogP contribution in [0.4, 0.5) is 4.39 Å². The first-order valence-corrected chi connectivity index (χ1v) is 43.4. The number of halogens is 2. The molecule has 9 aromatic carbocycles. The number of nitrogens with two attached hydrogens (primary N) is 4. The van der Waals surface area contributed by atoms with Gasteiger partial charge in [0.15, 0.2) is 26.4 Å². The minimum absolute atomic E-state index is 0.0623. The number of aromatic nitrogens is 4. The number of primary amides is 3. The van der Waals surface area contributed by atoms with Gasteiger partial charge in [0.2, 0.25) is 5.78 Å². The van der Waals surface area contributed by atoms with E-state index < -0.39 is 85.4 Å². The van der Waals surface area contributed by atoms with Gasteiger partial charge in [0, 0.05) is 53.4 Å². The number of rotatable bonds is 30. The second-order valence-electron chi connectivity index (χ2n) is 32.5. The first-order chi connectivity index (χ1) is 62.3. The normalized spacial score (nSPS) is 12.7. The maximum absolute atomic E-state index is 13.4. The summed E-state index contributed by atoms with van der Waals surface area (Å²) in [6.45, 7) is 10.6. The van der Waals surface area contributed by atoms with Crippen LogP contribution in [0.15, 0.2) is 174 Å². The van der Waals surface area contributed by atoms with Crippen LogP contribution in [0.1, 0.15) is 170 Å². The number of nitrogens with zero attached hydrogens (tertiary/aromatic N) is 4. The molecule has 0 fully saturated rings. The number of hydrogen-bond acceptors (Lipinski definition) is 16. The van der Waals surface area contributed by atoms with Crippen molar-refractivity contribution >= 4 is 124 Å². The third-order valence-electron chi connectivity index (χ3n) is 24.3. The molecule has 29 heteroatoms. The Morgan fingerprint density at radius 2 is 0.708 bits per heavy atom. The van der Waals surface area contributed by atoms with Gasteiger partial charge in [-0.1, -0.05) is 145 Å². The molecule has 668 valence electrons. The van der Waals surface area contributed by atoms with E-state index in [2.05, 4.69) is 49.8 Å². The molecule has 12 N–H and O–H groups in total. The quantitative estimate of drug-likeness (QED) is 0.0118. The van der Waals surface area contributed by atoms with E-state index in [1.54, 1.807) is 32.0 Å². The number of carbonyl (C=O) groups excluding carboxylic acids is 7. The van der Waals surface area contributed by atoms with Crippen LogP contribution in [0, 0.1) is 26.6 Å². The van der Waals surface area contributed by atoms with Gasteiger partial charge in [-0.15, -0.1) is 0 Å². The summed E-state index contributed by atoms with van der Waals surface area (Å²) < 4.78 is 45.0. The summed E-state index contributed by atoms with van der Waals surface area (Å²) in [7, 11) is 0. The van der Waals surface area contributed by atoms with Gasteiger partial charge in [-0.25, -0.2) is 23.6 Å². The maximum atomic E-state index is 13.4. The Kier molecular flexibility index (Phi) is 27.6. The van der Waals surface area contributed by atoms with Crippen LogP contribution in [0.2, 0.25) is 0 Å². The lowest BCUT2D eigenvalue weighted by atomic mass is 9.88. The molecule has 13 aromatic rings. The first kappa shape index (κ1) is 91.5. The number of ether oxygens (including phenoxy) is 4. The van der Waals surface area contributed by atoms with Crippen molar-refractivity contribution in [1.82, 2.24) is 18.3 Å². The molecule has 4 aromatic heterocycles. The van der Waals surface area contributed by atoms with Crippen LogP contribution >= 0.6 is 15.9 Å². The molecule has 0 unspecified atom stereocenters. The first-order valence-electron chi connectivity index (χ1n) is 42.6. The van der Waals surface area contributed by atoms with Crippen LogP contribution in [-0.2, 0) is 118 Å². The standard InChI is InChI=1S/C29H26N2O5.C25H26N2O5.C24H23BrN2O4.C23H21FN2O5/c1-17-25(28(34)29(30)35)26-23(36-16-24(32)33)14-19-11-7-13-22(19)27(26)31(17)15-20-10-5-6-12-21(20)18-8-3-2-4-9-18;1-2-18-21(24(30)25(26)31)22-19(32-14-20(28)29)12-16-10-6-7-11-17(16)23(22)27(18)13-15-8-4-3-5-9-15;1-13(26)24(30)21-14(2)27(11-16-6-3-4-9-18(16)25)23-17-8-5-7-15(17)10-19(22(21)23)31-12-20(28)29;1-12-19(22(29)23(25)30)20-17(31-11-18(27)28)9-14-3-2-4-16(14)21(20)26(12)10-13-5-7-15(24)8-6-13/h2-6,8-10,12,14H,7,11,13,15-16H2,1H3,(H2,30,35)(H,32,33);3-5,8-9,12H,2,6-7,10-11,13-14H2,1H3,(H2,26,31)(H,28,29);3-4,6,9-10H,1,5,7-8,11-12,26H2,2H3,(H,28,29);5-9H,2-4,10-11H2,1H3,(H2,25,30)(H,27,28). The van der Waals surface area contributed by atoms with Crippen LogP contribution in [0.3, 0.4) is 0 Å². The van der Waals surface area contributed by atoms with Gasteiger partial charge >= 0.3 is 23.9 Å². The summed E-state index contributed by atoms with van der Waals surface area (Å²) >= 11 is 3.61. The van der Waals surface area contributed by atoms with Crippen molar-refractivity contribution in [2.24, 2.45) is 22.9 Å². The monoisotopic (exact) mass is 1820 g/mol. The number of allylic oxidation sites excluding steroid dienone is 1. The molecular weight excluding hydrogens is 1730 g/mol. The molecule has 4 aliphatic carbocycles. The molecule has 4 heterocycles. The molecule has 0 atom stereocenters. The van der Waals surface area contributed by atoms with E-state index in [9.17, 15) is 67.3 Å². The number of carbonyl (C=O) groups is 11. The lowest BCUT2D eigenvalue weighted by Crippen LogP contribution is -2.24. The topological polar surface area (TPSA) is 429 Å². The fourth-order valence-electron chi connectivity index (χ4n) is 18.8. The summed E-state index contributed by atoms with van der Waals surface area (Å²) in [5.41, 5.74) is 43.5. The van der Waals surface area contributed by atoms with Crippen LogP contribution in [0.5, 0.6) is 23.0 Å². The van der Waals surface area contributed by atoms with Gasteiger partial charge < -0.3 is 80.6 Å². The zero-order chi connectivity index (χ0) is 92.8. The number of amides is 3. The number of benzene rings is 9. The van der Waals surface area contributed by atoms with Gasteiger partial charge in [-0.3, -0.25) is 33.6 Å². The predicted octanol–water partition coefficient (Wildman–Crippen LogP) is 14.7. The van der Waals surface area contributed by atoms with Crippen molar-refractivity contribution in [3.63, 3.8) is 0 Å². The maximum Gasteiger partial charge on any atom is 0.341 e. The Morgan fingerprint density at radius 3 is 1.12 bits per heavy atom. The third kappa shape index (κ3) is 18.7. The Hall–Kier alpha value is -14.7. The van der Waals surface area contributed by atoms with Gasteiger partial charge in [0.05, 0.1) is 71.6 Å². The number of fused-ring (bicyclic) bond motifs is 12. The van der Waals surface area contributed by atoms with Crippen molar-refractivity contribution in [3.05, 3.63) is 292 Å². The zero-order valence-electron chi connectivity index (χ0n) is 72.0. The number of aliphatic carboxylic acids is 4. The van der Waals surface area contributed by atoms with Crippen molar-refractivity contribution in [2.45, 2.75) is 144 Å². The van der Waals surface area contributed by atoms with E-state index in [-0.39, 0.29) is 45.5 Å². The van der Waals surface area contributed by atoms with E-state index >= 15 is 0 Å². The molecular formula is C101H96BrFN8O19. The average molecular weight is 1820 g/mol. The molecule has 0 saturated heterocycles. The molecule has 3 amide bonds. The SMILES string of the molecule is C=C(N)C(=O)c1c(C)n(Cc2ccccc2Br)c2c3c(cc(OCC(=O)O)c12)CCC3.CCc1c(C(=O)C(N)=O)c2c(OCC(=O)O)cc3c(c2n1Cc1ccccc1)CCCC3.Cc1c(C(=O)C(N)=O)c2c(OCC(=O)O)cc3c(c2n1Cc1ccc(F)cc1)CCC3.Cc1c(C(=O)C(N)=O)c2c(OCC(=O)O)cc3c(c2n1Cc1ccccc1-c1ccccc1)CCC3. The zero-order valence-corrected chi connectivity index (χ0v) is 73.6. The van der Waals surface area contributed by atoms with E-state index in [0.29, 0.717) is 88.3 Å². The van der Waals surface area contributed by atoms with E-state index in [1.807, 2.05) is 132 Å². The van der Waals surface area contributed by atoms with E-state index in [4.69, 9.17) is 52.1 Å². The molecule has 17 rings (SSSR count). The number of ketones is 4. The number of carboxylic acid groups (broad SMARTS) is 4. The van der Waals surface area contributed by atoms with Crippen LogP contribution in [-0.4, -0.2) is 130 Å². The Morgan fingerprint density at radius 1 is 0.385 bits per heavy atom. The highest BCUT2D eigenvalue weighted by Crippen LogP contribution is 2.48. The van der Waals surface area contributed by atoms with Crippen molar-refractivity contribution in [1.29, 1.82) is 0 Å². The van der Waals surface area contributed by atoms with Gasteiger partial charge in [0.1, 0.15) is 28.8 Å². The van der Waals surface area contributed by atoms with E-state index in [0.717, 1.165) is 188 Å². The molecule has 0 radical (unpaired) electrons. The van der Waals surface area contributed by atoms with Gasteiger partial charge in [-0.05, 0) is 231 Å². The number of carboxylic acids is 4. The smallest absolute Gasteiger partial charge is 0.341 e. The number of Topliss-reactive ketones (excluding diaryl/α,β-unsaturated/α-hetero) is 4. The largest absolute Gasteiger partial charge is 0.481 e. The van der Waals surface area contributed by atoms with Gasteiger partial charge in [-0.2, -0.15) is 0 Å². The second-order valence-corrected chi connectivity index (χ2v) is 33.4. The van der Waals surface area contributed by atoms with Crippen LogP contribution in [0.25, 0.3) is 54.7 Å². The summed E-state index contributed by atoms with van der Waals surface area (Å²) in [5.74, 6) is -9.62. The fourth-order valence-corrected chi connectivity index (χ4v) is 19.2. The fraction of sp³-hybridized carbons (Fsp3) is 0.257. The molecule has 0 spiro atoms. The lowest BCUT2D eigenvalue weighted by Gasteiger charge is -2.21. The highest BCUT2D eigenvalue weighted by atomic mass is 79.9. The molecule has 0 saturated carbocycles. The van der Waals surface area contributed by atoms with Crippen molar-refractivity contribution in [2.75, 3.05) is 26.4 Å². The highest BCUT2D eigenvalue weighted by Gasteiger charge is 2.37. The molecule has 27 nitrogen and oxygen atoms in total. The Balaban J connectivity index is 0.000000140. The predicted molar refractivity (Wildman–Crippen MR) is 490 cm³/mol. The summed E-state index contributed by atoms with van der Waals surface area (Å²) in [6, 6.07) is 49.3. The summed E-state index contributed by atoms with van der Waals surface area (Å²) in [5, 5.41) is 38.6. The molecule has 0 bridgehead atoms. The lowest BCUT2D eigenvalue weighted by molar-refractivity contribution is -0.140. The van der Waals surface area contributed by atoms with E-state index in [1.165, 1.54) is 17.7 Å². The molecule has 0 aliphatic heterocycles. The van der Waals surface area contributed by atoms with Gasteiger partial charge in [0.25, 0.3) is 35.1 Å². The summed E-state index contributed by atoms with van der Waals surface area (Å²) in [4.78, 5) is 133. The number of hydrogen-bond donors (Lipinski definition) is 8. The Bertz CT molecular complexity index is 6820. The molecule has 4 aliphatic rings. The summed E-state index contributed by atoms with van der Waals surface area (Å²) in [6.07, 6.45) is 12.1. The minimum atomic E-state index is -1.15.